The van der Waals surface area contributed by atoms with Gasteiger partial charge in [0.2, 0.25) is 11.8 Å². The van der Waals surface area contributed by atoms with Gasteiger partial charge in [0.25, 0.3) is 0 Å². The van der Waals surface area contributed by atoms with Gasteiger partial charge in [0.15, 0.2) is 0 Å². The zero-order valence-corrected chi connectivity index (χ0v) is 16.5. The van der Waals surface area contributed by atoms with Gasteiger partial charge in [0.05, 0.1) is 18.3 Å². The van der Waals surface area contributed by atoms with E-state index in [9.17, 15) is 18.4 Å². The molecule has 0 aromatic heterocycles. The van der Waals surface area contributed by atoms with Crippen LogP contribution in [0, 0.1) is 17.6 Å². The lowest BCUT2D eigenvalue weighted by Crippen LogP contribution is -2.46. The summed E-state index contributed by atoms with van der Waals surface area (Å²) in [5.41, 5.74) is -0.0220. The molecule has 9 heteroatoms. The highest BCUT2D eigenvalue weighted by Crippen LogP contribution is 2.18. The van der Waals surface area contributed by atoms with E-state index in [2.05, 4.69) is 16.0 Å². The molecule has 2 aliphatic heterocycles. The molecule has 3 rings (SSSR count). The monoisotopic (exact) mass is 416 g/mol. The summed E-state index contributed by atoms with van der Waals surface area (Å²) >= 11 is 0. The van der Waals surface area contributed by atoms with Crippen molar-refractivity contribution in [1.29, 1.82) is 0 Å². The summed E-state index contributed by atoms with van der Waals surface area (Å²) < 4.78 is 26.6. The third-order valence-corrected chi connectivity index (χ3v) is 5.12. The number of benzene rings is 1. The van der Waals surface area contributed by atoms with Gasteiger partial charge in [-0.1, -0.05) is 0 Å². The van der Waals surface area contributed by atoms with Gasteiger partial charge in [0, 0.05) is 19.2 Å². The summed E-state index contributed by atoms with van der Waals surface area (Å²) in [5, 5.41) is 8.67. The molecule has 1 aromatic carbocycles. The van der Waals surface area contributed by atoms with E-state index in [1.54, 1.807) is 0 Å². The van der Waals surface area contributed by atoms with Gasteiger partial charge >= 0.3 is 0 Å². The lowest BCUT2D eigenvalue weighted by molar-refractivity contribution is -0.123. The summed E-state index contributed by atoms with van der Waals surface area (Å²) in [6.45, 7) is 3.12. The quantitative estimate of drug-likeness (QED) is 0.662. The maximum Gasteiger partial charge on any atom is 0.238 e. The molecule has 2 heterocycles. The average molecular weight is 417 g/mol. The second-order valence-corrected chi connectivity index (χ2v) is 7.31. The smallest absolute Gasteiger partial charge is 0.238 e. The van der Waals surface area contributed by atoms with Gasteiger partial charge in [0.1, 0.15) is 11.6 Å². The van der Waals surface area contributed by atoms with Crippen LogP contribution in [0.15, 0.2) is 18.2 Å². The van der Waals surface area contributed by atoms with Crippen molar-refractivity contribution in [2.75, 3.05) is 38.0 Å². The summed E-state index contributed by atoms with van der Waals surface area (Å²) in [5.74, 6) is -1.46. The first-order chi connectivity index (χ1) is 13.0. The second kappa shape index (κ2) is 10.7. The molecule has 156 valence electrons. The minimum Gasteiger partial charge on any atom is -0.354 e. The fraction of sp³-hybridized carbons (Fsp3) is 0.579. The molecule has 0 radical (unpaired) electrons. The Bertz CT molecular complexity index is 686. The first kappa shape index (κ1) is 22.5. The number of carbonyl (C=O) groups is 2. The van der Waals surface area contributed by atoms with Crippen molar-refractivity contribution < 1.29 is 18.4 Å². The van der Waals surface area contributed by atoms with Crippen molar-refractivity contribution in [3.05, 3.63) is 29.8 Å². The summed E-state index contributed by atoms with van der Waals surface area (Å²) in [4.78, 5) is 26.3. The maximum atomic E-state index is 13.6. The molecule has 2 fully saturated rings. The Morgan fingerprint density at radius 1 is 1.21 bits per heavy atom. The Labute approximate surface area is 169 Å². The third kappa shape index (κ3) is 6.39. The standard InChI is InChI=1S/C19H26F2N4O2.ClH/c20-14-5-6-16(15(21)9-14)24-18(26)12-25-8-2-3-13(11-25)10-23-19(27)17-4-1-7-22-17;/h5-6,9,13,17,22H,1-4,7-8,10-12H2,(H,23,27)(H,24,26);1H. The van der Waals surface area contributed by atoms with E-state index in [4.69, 9.17) is 0 Å². The van der Waals surface area contributed by atoms with E-state index in [0.29, 0.717) is 19.0 Å². The number of hydrogen-bond donors (Lipinski definition) is 3. The molecule has 0 aliphatic carbocycles. The molecule has 1 aromatic rings. The van der Waals surface area contributed by atoms with Gasteiger partial charge in [-0.05, 0) is 56.8 Å². The number of piperidine rings is 1. The van der Waals surface area contributed by atoms with Gasteiger partial charge in [-0.2, -0.15) is 0 Å². The average Bonchev–Trinajstić information content (AvgIpc) is 3.17. The molecule has 2 atom stereocenters. The molecular formula is C19H27ClF2N4O2. The van der Waals surface area contributed by atoms with Crippen LogP contribution in [0.25, 0.3) is 0 Å². The van der Waals surface area contributed by atoms with Crippen molar-refractivity contribution in [2.24, 2.45) is 5.92 Å². The van der Waals surface area contributed by atoms with Crippen molar-refractivity contribution in [2.45, 2.75) is 31.7 Å². The van der Waals surface area contributed by atoms with Gasteiger partial charge in [-0.25, -0.2) is 8.78 Å². The van der Waals surface area contributed by atoms with Crippen molar-refractivity contribution in [3.63, 3.8) is 0 Å². The largest absolute Gasteiger partial charge is 0.354 e. The van der Waals surface area contributed by atoms with Crippen LogP contribution < -0.4 is 16.0 Å². The molecule has 2 aliphatic rings. The maximum absolute atomic E-state index is 13.6. The first-order valence-corrected chi connectivity index (χ1v) is 9.49. The SMILES string of the molecule is Cl.O=C(CN1CCCC(CNC(=O)C2CCCN2)C1)Nc1ccc(F)cc1F. The lowest BCUT2D eigenvalue weighted by atomic mass is 9.98. The highest BCUT2D eigenvalue weighted by molar-refractivity contribution is 5.92. The molecule has 0 bridgehead atoms. The van der Waals surface area contributed by atoms with Crippen molar-refractivity contribution in [3.8, 4) is 0 Å². The van der Waals surface area contributed by atoms with Crippen LogP contribution in [-0.2, 0) is 9.59 Å². The van der Waals surface area contributed by atoms with Crippen LogP contribution >= 0.6 is 12.4 Å². The number of anilines is 1. The molecule has 2 unspecified atom stereocenters. The highest BCUT2D eigenvalue weighted by atomic mass is 35.5. The Morgan fingerprint density at radius 2 is 2.04 bits per heavy atom. The Kier molecular flexibility index (Phi) is 8.59. The van der Waals surface area contributed by atoms with Crippen molar-refractivity contribution >= 4 is 29.9 Å². The zero-order valence-electron chi connectivity index (χ0n) is 15.7. The van der Waals surface area contributed by atoms with E-state index in [0.717, 1.165) is 50.9 Å². The number of nitrogens with zero attached hydrogens (tertiary/aromatic N) is 1. The first-order valence-electron chi connectivity index (χ1n) is 9.49. The van der Waals surface area contributed by atoms with E-state index in [-0.39, 0.29) is 42.5 Å². The molecule has 2 amide bonds. The number of halogens is 3. The molecule has 2 saturated heterocycles. The Hall–Kier alpha value is -1.77. The molecule has 0 spiro atoms. The van der Waals surface area contributed by atoms with Crippen LogP contribution in [-0.4, -0.2) is 55.5 Å². The number of likely N-dealkylation sites (tertiary alicyclic amines) is 1. The Balaban J connectivity index is 0.00000280. The zero-order chi connectivity index (χ0) is 19.2. The second-order valence-electron chi connectivity index (χ2n) is 7.31. The molecule has 28 heavy (non-hydrogen) atoms. The predicted octanol–water partition coefficient (Wildman–Crippen LogP) is 1.91. The van der Waals surface area contributed by atoms with E-state index >= 15 is 0 Å². The molecule has 0 saturated carbocycles. The number of amides is 2. The van der Waals surface area contributed by atoms with Crippen LogP contribution in [0.4, 0.5) is 14.5 Å². The topological polar surface area (TPSA) is 73.5 Å². The lowest BCUT2D eigenvalue weighted by Gasteiger charge is -2.32. The number of nitrogens with one attached hydrogen (secondary N) is 3. The van der Waals surface area contributed by atoms with E-state index in [1.165, 1.54) is 6.07 Å². The van der Waals surface area contributed by atoms with Gasteiger partial charge in [-0.15, -0.1) is 12.4 Å². The molecule has 3 N–H and O–H groups in total. The number of rotatable bonds is 6. The summed E-state index contributed by atoms with van der Waals surface area (Å²) in [6, 6.07) is 2.99. The van der Waals surface area contributed by atoms with Crippen LogP contribution in [0.2, 0.25) is 0 Å². The normalized spacial score (nSPS) is 22.4. The van der Waals surface area contributed by atoms with E-state index < -0.39 is 11.6 Å². The highest BCUT2D eigenvalue weighted by Gasteiger charge is 2.25. The van der Waals surface area contributed by atoms with Crippen molar-refractivity contribution in [1.82, 2.24) is 15.5 Å². The fourth-order valence-electron chi connectivity index (χ4n) is 3.72. The predicted molar refractivity (Wildman–Crippen MR) is 105 cm³/mol. The molecule has 6 nitrogen and oxygen atoms in total. The third-order valence-electron chi connectivity index (χ3n) is 5.12. The van der Waals surface area contributed by atoms with Crippen LogP contribution in [0.5, 0.6) is 0 Å². The minimum atomic E-state index is -0.789. The number of carbonyl (C=O) groups excluding carboxylic acids is 2. The van der Waals surface area contributed by atoms with Crippen LogP contribution in [0.3, 0.4) is 0 Å². The molecular weight excluding hydrogens is 390 g/mol. The van der Waals surface area contributed by atoms with Crippen LogP contribution in [0.1, 0.15) is 25.7 Å². The van der Waals surface area contributed by atoms with Gasteiger partial charge in [-0.3, -0.25) is 14.5 Å². The van der Waals surface area contributed by atoms with E-state index in [1.807, 2.05) is 4.90 Å². The minimum absolute atomic E-state index is 0. The summed E-state index contributed by atoms with van der Waals surface area (Å²) in [7, 11) is 0. The number of hydrogen-bond acceptors (Lipinski definition) is 4. The Morgan fingerprint density at radius 3 is 2.75 bits per heavy atom. The summed E-state index contributed by atoms with van der Waals surface area (Å²) in [6.07, 6.45) is 3.85. The fourth-order valence-corrected chi connectivity index (χ4v) is 3.72. The van der Waals surface area contributed by atoms with Gasteiger partial charge < -0.3 is 16.0 Å².